The Morgan fingerprint density at radius 3 is 2.77 bits per heavy atom. The van der Waals surface area contributed by atoms with Crippen LogP contribution in [-0.2, 0) is 17.6 Å². The zero-order valence-corrected chi connectivity index (χ0v) is 18.0. The normalized spacial score (nSPS) is 12.9. The van der Waals surface area contributed by atoms with Crippen LogP contribution >= 0.6 is 0 Å². The number of allylic oxidation sites excluding steroid dienone is 1. The van der Waals surface area contributed by atoms with E-state index in [-0.39, 0.29) is 11.5 Å². The van der Waals surface area contributed by atoms with Gasteiger partial charge in [0.05, 0.1) is 5.69 Å². The molecule has 0 spiro atoms. The number of benzene rings is 1. The van der Waals surface area contributed by atoms with E-state index in [1.807, 2.05) is 24.3 Å². The van der Waals surface area contributed by atoms with E-state index in [2.05, 4.69) is 40.8 Å². The molecule has 0 atom stereocenters. The summed E-state index contributed by atoms with van der Waals surface area (Å²) in [6, 6.07) is 7.72. The molecule has 0 fully saturated rings. The zero-order valence-electron chi connectivity index (χ0n) is 18.0. The molecular formula is C24H32N4O2. The van der Waals surface area contributed by atoms with Crippen LogP contribution in [0.5, 0.6) is 0 Å². The first-order valence-corrected chi connectivity index (χ1v) is 10.9. The Balaban J connectivity index is 1.56. The third-order valence-electron chi connectivity index (χ3n) is 5.38. The summed E-state index contributed by atoms with van der Waals surface area (Å²) in [5, 5.41) is 13.3. The number of anilines is 1. The minimum absolute atomic E-state index is 0.0212. The van der Waals surface area contributed by atoms with Crippen LogP contribution in [0.4, 0.5) is 5.69 Å². The van der Waals surface area contributed by atoms with Gasteiger partial charge < -0.3 is 10.6 Å². The highest BCUT2D eigenvalue weighted by Gasteiger charge is 2.19. The molecule has 0 saturated heterocycles. The lowest BCUT2D eigenvalue weighted by molar-refractivity contribution is -0.116. The number of carbonyl (C=O) groups excluding carboxylic acids is 1. The number of nitrogens with one attached hydrogen (secondary N) is 3. The summed E-state index contributed by atoms with van der Waals surface area (Å²) in [6.45, 7) is 5.96. The molecule has 0 aliphatic heterocycles. The monoisotopic (exact) mass is 408 g/mol. The standard InChI is InChI=1S/C24H32N4O2/c1-17(2)13-15-25-14-6-5-12-22(29)26-19-9-7-8-18(16-19)23-20-10-3-4-11-21(20)24(30)28-27-23/h7-9,13,16,25H,3-6,10-12,14-15H2,1-2H3,(H,26,29)(H,28,30). The number of nitrogens with zero attached hydrogens (tertiary/aromatic N) is 1. The number of fused-ring (bicyclic) bond motifs is 1. The van der Waals surface area contributed by atoms with Crippen molar-refractivity contribution in [3.8, 4) is 11.3 Å². The van der Waals surface area contributed by atoms with Crippen molar-refractivity contribution in [2.75, 3.05) is 18.4 Å². The second-order valence-corrected chi connectivity index (χ2v) is 8.14. The zero-order chi connectivity index (χ0) is 21.3. The number of aromatic nitrogens is 2. The van der Waals surface area contributed by atoms with Crippen LogP contribution in [0.25, 0.3) is 11.3 Å². The molecule has 1 aromatic heterocycles. The highest BCUT2D eigenvalue weighted by atomic mass is 16.1. The highest BCUT2D eigenvalue weighted by molar-refractivity contribution is 5.91. The first-order chi connectivity index (χ1) is 14.5. The Morgan fingerprint density at radius 1 is 1.17 bits per heavy atom. The third-order valence-corrected chi connectivity index (χ3v) is 5.38. The summed E-state index contributed by atoms with van der Waals surface area (Å²) in [6.07, 6.45) is 8.28. The fraction of sp³-hybridized carbons (Fsp3) is 0.458. The van der Waals surface area contributed by atoms with Crippen molar-refractivity contribution in [1.29, 1.82) is 0 Å². The lowest BCUT2D eigenvalue weighted by Gasteiger charge is -2.17. The van der Waals surface area contributed by atoms with Gasteiger partial charge in [0, 0.05) is 29.8 Å². The smallest absolute Gasteiger partial charge is 0.267 e. The van der Waals surface area contributed by atoms with Gasteiger partial charge in [0.1, 0.15) is 0 Å². The number of hydrogen-bond acceptors (Lipinski definition) is 4. The van der Waals surface area contributed by atoms with Gasteiger partial charge in [0.25, 0.3) is 5.56 Å². The molecule has 160 valence electrons. The maximum atomic E-state index is 12.3. The molecule has 2 aromatic rings. The van der Waals surface area contributed by atoms with E-state index in [1.54, 1.807) is 0 Å². The molecule has 6 nitrogen and oxygen atoms in total. The maximum absolute atomic E-state index is 12.3. The molecule has 3 rings (SSSR count). The molecule has 3 N–H and O–H groups in total. The fourth-order valence-corrected chi connectivity index (χ4v) is 3.78. The lowest BCUT2D eigenvalue weighted by atomic mass is 9.90. The Morgan fingerprint density at radius 2 is 1.97 bits per heavy atom. The van der Waals surface area contributed by atoms with Crippen LogP contribution in [0.3, 0.4) is 0 Å². The minimum Gasteiger partial charge on any atom is -0.326 e. The van der Waals surface area contributed by atoms with Gasteiger partial charge in [-0.2, -0.15) is 5.10 Å². The number of unbranched alkanes of at least 4 members (excludes halogenated alkanes) is 1. The van der Waals surface area contributed by atoms with E-state index in [0.29, 0.717) is 6.42 Å². The molecule has 1 heterocycles. The number of aromatic amines is 1. The Kier molecular flexibility index (Phi) is 7.97. The molecule has 0 radical (unpaired) electrons. The molecule has 0 saturated carbocycles. The summed E-state index contributed by atoms with van der Waals surface area (Å²) in [5.41, 5.74) is 5.65. The molecule has 30 heavy (non-hydrogen) atoms. The largest absolute Gasteiger partial charge is 0.326 e. The van der Waals surface area contributed by atoms with Gasteiger partial charge in [0.2, 0.25) is 5.91 Å². The second-order valence-electron chi connectivity index (χ2n) is 8.14. The number of hydrogen-bond donors (Lipinski definition) is 3. The summed E-state index contributed by atoms with van der Waals surface area (Å²) in [4.78, 5) is 24.4. The van der Waals surface area contributed by atoms with Gasteiger partial charge in [-0.25, -0.2) is 5.10 Å². The Bertz CT molecular complexity index is 958. The molecule has 1 aliphatic rings. The van der Waals surface area contributed by atoms with Crippen LogP contribution in [0, 0.1) is 0 Å². The lowest BCUT2D eigenvalue weighted by Crippen LogP contribution is -2.21. The van der Waals surface area contributed by atoms with Crippen LogP contribution < -0.4 is 16.2 Å². The van der Waals surface area contributed by atoms with Gasteiger partial charge >= 0.3 is 0 Å². The number of carbonyl (C=O) groups is 1. The molecule has 1 aliphatic carbocycles. The van der Waals surface area contributed by atoms with Crippen LogP contribution in [0.2, 0.25) is 0 Å². The minimum atomic E-state index is -0.0757. The van der Waals surface area contributed by atoms with Crippen molar-refractivity contribution in [3.05, 3.63) is 57.4 Å². The number of amides is 1. The summed E-state index contributed by atoms with van der Waals surface area (Å²) < 4.78 is 0. The summed E-state index contributed by atoms with van der Waals surface area (Å²) in [7, 11) is 0. The van der Waals surface area contributed by atoms with Crippen molar-refractivity contribution in [2.24, 2.45) is 0 Å². The Hall–Kier alpha value is -2.73. The predicted molar refractivity (Wildman–Crippen MR) is 122 cm³/mol. The summed E-state index contributed by atoms with van der Waals surface area (Å²) in [5.74, 6) is 0.0212. The van der Waals surface area contributed by atoms with Crippen LogP contribution in [0.1, 0.15) is 57.1 Å². The molecule has 0 bridgehead atoms. The maximum Gasteiger partial charge on any atom is 0.267 e. The Labute approximate surface area is 178 Å². The molecule has 1 amide bonds. The van der Waals surface area contributed by atoms with Gasteiger partial charge in [0.15, 0.2) is 0 Å². The van der Waals surface area contributed by atoms with Crippen molar-refractivity contribution in [3.63, 3.8) is 0 Å². The van der Waals surface area contributed by atoms with Crippen molar-refractivity contribution in [1.82, 2.24) is 15.5 Å². The first kappa shape index (κ1) is 22.0. The van der Waals surface area contributed by atoms with Gasteiger partial charge in [-0.05, 0) is 76.6 Å². The molecule has 0 unspecified atom stereocenters. The number of H-pyrrole nitrogens is 1. The molecule has 1 aromatic carbocycles. The highest BCUT2D eigenvalue weighted by Crippen LogP contribution is 2.29. The van der Waals surface area contributed by atoms with E-state index in [4.69, 9.17) is 0 Å². The van der Waals surface area contributed by atoms with E-state index >= 15 is 0 Å². The van der Waals surface area contributed by atoms with Crippen molar-refractivity contribution < 1.29 is 4.79 Å². The second kappa shape index (κ2) is 10.9. The average molecular weight is 409 g/mol. The van der Waals surface area contributed by atoms with Crippen molar-refractivity contribution >= 4 is 11.6 Å². The molecule has 6 heteroatoms. The van der Waals surface area contributed by atoms with Gasteiger partial charge in [-0.1, -0.05) is 23.8 Å². The number of rotatable bonds is 9. The van der Waals surface area contributed by atoms with Crippen molar-refractivity contribution in [2.45, 2.75) is 58.8 Å². The first-order valence-electron chi connectivity index (χ1n) is 10.9. The van der Waals surface area contributed by atoms with Crippen LogP contribution in [0.15, 0.2) is 40.7 Å². The van der Waals surface area contributed by atoms with Gasteiger partial charge in [-0.15, -0.1) is 0 Å². The van der Waals surface area contributed by atoms with E-state index in [9.17, 15) is 9.59 Å². The molecular weight excluding hydrogens is 376 g/mol. The van der Waals surface area contributed by atoms with E-state index < -0.39 is 0 Å². The van der Waals surface area contributed by atoms with Gasteiger partial charge in [-0.3, -0.25) is 9.59 Å². The quantitative estimate of drug-likeness (QED) is 0.433. The fourth-order valence-electron chi connectivity index (χ4n) is 3.78. The predicted octanol–water partition coefficient (Wildman–Crippen LogP) is 3.98. The van der Waals surface area contributed by atoms with E-state index in [1.165, 1.54) is 5.57 Å². The SMILES string of the molecule is CC(C)=CCNCCCCC(=O)Nc1cccc(-c2n[nH]c(=O)c3c2CCCC3)c1. The average Bonchev–Trinajstić information content (AvgIpc) is 2.73. The third kappa shape index (κ3) is 6.13. The van der Waals surface area contributed by atoms with E-state index in [0.717, 1.165) is 79.7 Å². The van der Waals surface area contributed by atoms with Crippen LogP contribution in [-0.4, -0.2) is 29.2 Å². The summed E-state index contributed by atoms with van der Waals surface area (Å²) >= 11 is 0. The topological polar surface area (TPSA) is 86.9 Å².